The molecule has 2 aliphatic rings. The van der Waals surface area contributed by atoms with Gasteiger partial charge in [-0.2, -0.15) is 0 Å². The molecular weight excluding hydrogens is 156 g/mol. The zero-order valence-electron chi connectivity index (χ0n) is 7.03. The van der Waals surface area contributed by atoms with Gasteiger partial charge in [0.1, 0.15) is 6.10 Å². The van der Waals surface area contributed by atoms with Gasteiger partial charge in [0.25, 0.3) is 0 Å². The molecule has 12 heavy (non-hydrogen) atoms. The van der Waals surface area contributed by atoms with Crippen molar-refractivity contribution in [3.05, 3.63) is 12.3 Å². The Balaban J connectivity index is 2.11. The van der Waals surface area contributed by atoms with Gasteiger partial charge in [0.2, 0.25) is 5.79 Å². The number of ether oxygens (including phenoxy) is 2. The second-order valence-corrected chi connectivity index (χ2v) is 3.36. The van der Waals surface area contributed by atoms with Crippen LogP contribution in [-0.2, 0) is 9.47 Å². The van der Waals surface area contributed by atoms with Crippen molar-refractivity contribution in [1.29, 1.82) is 0 Å². The number of aliphatic hydroxyl groups is 1. The van der Waals surface area contributed by atoms with E-state index in [9.17, 15) is 5.11 Å². The highest BCUT2D eigenvalue weighted by atomic mass is 16.7. The van der Waals surface area contributed by atoms with Gasteiger partial charge < -0.3 is 14.6 Å². The Kier molecular flexibility index (Phi) is 2.07. The molecule has 0 aromatic rings. The Hall–Kier alpha value is -0.540. The smallest absolute Gasteiger partial charge is 0.236 e. The maximum atomic E-state index is 9.68. The SMILES string of the molecule is O[C@H]1CC=CO[C@@]12CCCCO2. The third-order valence-electron chi connectivity index (χ3n) is 2.50. The third kappa shape index (κ3) is 1.23. The molecule has 68 valence electrons. The van der Waals surface area contributed by atoms with Crippen molar-refractivity contribution in [2.45, 2.75) is 37.6 Å². The Bertz CT molecular complexity index is 182. The summed E-state index contributed by atoms with van der Waals surface area (Å²) in [5.41, 5.74) is 0. The molecule has 0 aromatic carbocycles. The first-order valence-corrected chi connectivity index (χ1v) is 4.48. The monoisotopic (exact) mass is 170 g/mol. The van der Waals surface area contributed by atoms with E-state index in [0.717, 1.165) is 19.3 Å². The minimum Gasteiger partial charge on any atom is -0.467 e. The van der Waals surface area contributed by atoms with Crippen molar-refractivity contribution in [2.24, 2.45) is 0 Å². The molecule has 0 saturated carbocycles. The fourth-order valence-corrected chi connectivity index (χ4v) is 1.75. The van der Waals surface area contributed by atoms with E-state index in [1.54, 1.807) is 6.26 Å². The van der Waals surface area contributed by atoms with Crippen molar-refractivity contribution >= 4 is 0 Å². The quantitative estimate of drug-likeness (QED) is 0.593. The van der Waals surface area contributed by atoms with E-state index in [0.29, 0.717) is 13.0 Å². The molecule has 0 bridgehead atoms. The normalized spacial score (nSPS) is 41.2. The molecule has 3 heteroatoms. The van der Waals surface area contributed by atoms with Gasteiger partial charge in [0.15, 0.2) is 0 Å². The second kappa shape index (κ2) is 3.07. The number of rotatable bonds is 0. The maximum Gasteiger partial charge on any atom is 0.236 e. The van der Waals surface area contributed by atoms with Crippen LogP contribution >= 0.6 is 0 Å². The molecule has 1 N–H and O–H groups in total. The fraction of sp³-hybridized carbons (Fsp3) is 0.778. The van der Waals surface area contributed by atoms with Crippen LogP contribution in [0, 0.1) is 0 Å². The molecule has 0 unspecified atom stereocenters. The van der Waals surface area contributed by atoms with Gasteiger partial charge in [-0.25, -0.2) is 0 Å². The molecule has 1 fully saturated rings. The lowest BCUT2D eigenvalue weighted by atomic mass is 9.96. The summed E-state index contributed by atoms with van der Waals surface area (Å²) < 4.78 is 10.9. The largest absolute Gasteiger partial charge is 0.467 e. The molecule has 2 rings (SSSR count). The summed E-state index contributed by atoms with van der Waals surface area (Å²) in [6, 6.07) is 0. The third-order valence-corrected chi connectivity index (χ3v) is 2.50. The van der Waals surface area contributed by atoms with Crippen molar-refractivity contribution in [3.63, 3.8) is 0 Å². The first-order chi connectivity index (χ1) is 5.83. The van der Waals surface area contributed by atoms with E-state index in [1.165, 1.54) is 0 Å². The minimum atomic E-state index is -0.715. The van der Waals surface area contributed by atoms with Gasteiger partial charge in [-0.3, -0.25) is 0 Å². The van der Waals surface area contributed by atoms with Gasteiger partial charge in [-0.05, 0) is 18.9 Å². The lowest BCUT2D eigenvalue weighted by Gasteiger charge is -2.41. The van der Waals surface area contributed by atoms with Crippen LogP contribution < -0.4 is 0 Å². The van der Waals surface area contributed by atoms with E-state index in [2.05, 4.69) is 0 Å². The van der Waals surface area contributed by atoms with Crippen LogP contribution in [0.2, 0.25) is 0 Å². The minimum absolute atomic E-state index is 0.497. The Morgan fingerprint density at radius 3 is 3.00 bits per heavy atom. The molecule has 0 amide bonds. The van der Waals surface area contributed by atoms with Gasteiger partial charge in [-0.15, -0.1) is 0 Å². The lowest BCUT2D eigenvalue weighted by Crippen LogP contribution is -2.49. The van der Waals surface area contributed by atoms with Crippen molar-refractivity contribution in [3.8, 4) is 0 Å². The van der Waals surface area contributed by atoms with Gasteiger partial charge in [0, 0.05) is 12.8 Å². The van der Waals surface area contributed by atoms with Crippen LogP contribution in [0.4, 0.5) is 0 Å². The standard InChI is InChI=1S/C9H14O3/c10-8-4-3-7-12-9(8)5-1-2-6-11-9/h3,7-8,10H,1-2,4-6H2/t8-,9-/m0/s1. The van der Waals surface area contributed by atoms with Gasteiger partial charge >= 0.3 is 0 Å². The van der Waals surface area contributed by atoms with Crippen molar-refractivity contribution in [1.82, 2.24) is 0 Å². The second-order valence-electron chi connectivity index (χ2n) is 3.36. The summed E-state index contributed by atoms with van der Waals surface area (Å²) in [6.45, 7) is 0.699. The predicted octanol–water partition coefficient (Wildman–Crippen LogP) is 1.18. The van der Waals surface area contributed by atoms with Crippen LogP contribution in [0.15, 0.2) is 12.3 Å². The molecule has 0 radical (unpaired) electrons. The molecule has 2 heterocycles. The number of hydrogen-bond donors (Lipinski definition) is 1. The van der Waals surface area contributed by atoms with Crippen LogP contribution in [0.25, 0.3) is 0 Å². The molecule has 0 aromatic heterocycles. The predicted molar refractivity (Wildman–Crippen MR) is 43.4 cm³/mol. The summed E-state index contributed by atoms with van der Waals surface area (Å²) in [5, 5.41) is 9.68. The summed E-state index contributed by atoms with van der Waals surface area (Å²) in [7, 11) is 0. The first-order valence-electron chi connectivity index (χ1n) is 4.48. The summed E-state index contributed by atoms with van der Waals surface area (Å²) >= 11 is 0. The van der Waals surface area contributed by atoms with Crippen molar-refractivity contribution in [2.75, 3.05) is 6.61 Å². The van der Waals surface area contributed by atoms with Crippen LogP contribution in [0.1, 0.15) is 25.7 Å². The average Bonchev–Trinajstić information content (AvgIpc) is 2.12. The topological polar surface area (TPSA) is 38.7 Å². The molecule has 1 spiro atoms. The summed E-state index contributed by atoms with van der Waals surface area (Å²) in [5.74, 6) is -0.715. The first kappa shape index (κ1) is 8.08. The molecule has 0 aliphatic carbocycles. The Morgan fingerprint density at radius 1 is 1.42 bits per heavy atom. The van der Waals surface area contributed by atoms with Crippen LogP contribution in [-0.4, -0.2) is 23.6 Å². The van der Waals surface area contributed by atoms with Crippen molar-refractivity contribution < 1.29 is 14.6 Å². The fourth-order valence-electron chi connectivity index (χ4n) is 1.75. The maximum absolute atomic E-state index is 9.68. The Morgan fingerprint density at radius 2 is 2.33 bits per heavy atom. The molecule has 2 aliphatic heterocycles. The van der Waals surface area contributed by atoms with E-state index < -0.39 is 11.9 Å². The average molecular weight is 170 g/mol. The molecule has 2 atom stereocenters. The lowest BCUT2D eigenvalue weighted by molar-refractivity contribution is -0.280. The highest BCUT2D eigenvalue weighted by Gasteiger charge is 2.43. The molecular formula is C9H14O3. The highest BCUT2D eigenvalue weighted by molar-refractivity contribution is 4.94. The summed E-state index contributed by atoms with van der Waals surface area (Å²) in [4.78, 5) is 0. The molecule has 1 saturated heterocycles. The van der Waals surface area contributed by atoms with E-state index in [-0.39, 0.29) is 0 Å². The van der Waals surface area contributed by atoms with Crippen LogP contribution in [0.3, 0.4) is 0 Å². The summed E-state index contributed by atoms with van der Waals surface area (Å²) in [6.07, 6.45) is 6.56. The highest BCUT2D eigenvalue weighted by Crippen LogP contribution is 2.33. The van der Waals surface area contributed by atoms with E-state index >= 15 is 0 Å². The van der Waals surface area contributed by atoms with E-state index in [4.69, 9.17) is 9.47 Å². The molecule has 3 nitrogen and oxygen atoms in total. The van der Waals surface area contributed by atoms with Crippen LogP contribution in [0.5, 0.6) is 0 Å². The Labute approximate surface area is 72.0 Å². The zero-order valence-corrected chi connectivity index (χ0v) is 7.03. The van der Waals surface area contributed by atoms with Gasteiger partial charge in [-0.1, -0.05) is 0 Å². The number of hydrogen-bond acceptors (Lipinski definition) is 3. The zero-order chi connectivity index (χ0) is 8.44. The number of aliphatic hydroxyl groups excluding tert-OH is 1. The van der Waals surface area contributed by atoms with Gasteiger partial charge in [0.05, 0.1) is 12.9 Å². The van der Waals surface area contributed by atoms with E-state index in [1.807, 2.05) is 6.08 Å².